The normalized spacial score (nSPS) is 50.0. The van der Waals surface area contributed by atoms with Crippen molar-refractivity contribution in [1.29, 1.82) is 0 Å². The summed E-state index contributed by atoms with van der Waals surface area (Å²) in [7, 11) is 0. The molecule has 4 aliphatic carbocycles. The second kappa shape index (κ2) is 6.26. The molecule has 0 spiro atoms. The Morgan fingerprint density at radius 2 is 1.76 bits per heavy atom. The molecule has 0 aromatic heterocycles. The highest BCUT2D eigenvalue weighted by Gasteiger charge is 2.74. The molecular weight excluding hydrogens is 403 g/mol. The van der Waals surface area contributed by atoms with E-state index < -0.39 is 43.4 Å². The monoisotopic (exact) mass is 426 g/mol. The molecule has 5 fully saturated rings. The van der Waals surface area contributed by atoms with Gasteiger partial charge in [-0.25, -0.2) is 0 Å². The van der Waals surface area contributed by atoms with Crippen LogP contribution in [0.2, 0.25) is 0 Å². The van der Waals surface area contributed by atoms with Gasteiger partial charge in [-0.15, -0.1) is 0 Å². The third-order valence-corrected chi connectivity index (χ3v) is 8.03. The first-order chi connectivity index (χ1) is 13.5. The Balaban J connectivity index is 1.20. The summed E-state index contributed by atoms with van der Waals surface area (Å²) in [5.41, 5.74) is 0. The van der Waals surface area contributed by atoms with Gasteiger partial charge in [0.1, 0.15) is 13.2 Å². The number of carbonyl (C=O) groups is 1. The largest absolute Gasteiger partial charge is 0.460 e. The molecule has 9 unspecified atom stereocenters. The lowest BCUT2D eigenvalue weighted by Crippen LogP contribution is -2.67. The number of alkyl halides is 5. The molecule has 0 radical (unpaired) electrons. The Morgan fingerprint density at radius 3 is 2.45 bits per heavy atom. The van der Waals surface area contributed by atoms with Gasteiger partial charge in [0.2, 0.25) is 0 Å². The summed E-state index contributed by atoms with van der Waals surface area (Å²) < 4.78 is 79.6. The van der Waals surface area contributed by atoms with Crippen molar-refractivity contribution >= 4 is 5.97 Å². The van der Waals surface area contributed by atoms with Crippen LogP contribution in [0.15, 0.2) is 0 Å². The van der Waals surface area contributed by atoms with Crippen molar-refractivity contribution in [1.82, 2.24) is 0 Å². The molecule has 1 saturated heterocycles. The molecular formula is C19H23F5O5. The van der Waals surface area contributed by atoms with Crippen LogP contribution in [0.4, 0.5) is 22.0 Å². The van der Waals surface area contributed by atoms with Gasteiger partial charge >= 0.3 is 23.9 Å². The minimum atomic E-state index is -5.73. The molecule has 1 aliphatic heterocycles. The first kappa shape index (κ1) is 19.9. The molecule has 29 heavy (non-hydrogen) atoms. The van der Waals surface area contributed by atoms with Gasteiger partial charge in [-0.3, -0.25) is 4.79 Å². The van der Waals surface area contributed by atoms with E-state index >= 15 is 0 Å². The lowest BCUT2D eigenvalue weighted by Gasteiger charge is -2.42. The van der Waals surface area contributed by atoms with Crippen molar-refractivity contribution in [3.8, 4) is 0 Å². The molecule has 4 saturated carbocycles. The van der Waals surface area contributed by atoms with Crippen molar-refractivity contribution in [2.24, 2.45) is 41.4 Å². The number of fused-ring (bicyclic) bond motifs is 9. The maximum Gasteiger partial charge on any atom is 0.449 e. The number of aliphatic hydroxyl groups is 1. The number of hydrogen-bond acceptors (Lipinski definition) is 5. The predicted molar refractivity (Wildman–Crippen MR) is 85.3 cm³/mol. The van der Waals surface area contributed by atoms with Gasteiger partial charge in [-0.2, -0.15) is 22.0 Å². The molecule has 5 aliphatic rings. The third kappa shape index (κ3) is 2.77. The molecule has 5 nitrogen and oxygen atoms in total. The van der Waals surface area contributed by atoms with E-state index in [4.69, 9.17) is 4.74 Å². The van der Waals surface area contributed by atoms with Crippen LogP contribution >= 0.6 is 0 Å². The summed E-state index contributed by atoms with van der Waals surface area (Å²) in [6.07, 6.45) is -2.25. The molecule has 10 heteroatoms. The minimum Gasteiger partial charge on any atom is -0.460 e. The zero-order valence-electron chi connectivity index (χ0n) is 15.5. The van der Waals surface area contributed by atoms with Gasteiger partial charge in [0.25, 0.3) is 0 Å². The summed E-state index contributed by atoms with van der Waals surface area (Å²) in [6.45, 7) is -2.46. The van der Waals surface area contributed by atoms with Crippen molar-refractivity contribution < 1.29 is 46.1 Å². The maximum atomic E-state index is 13.5. The molecule has 0 aromatic rings. The predicted octanol–water partition coefficient (Wildman–Crippen LogP) is 3.11. The molecule has 5 rings (SSSR count). The summed E-state index contributed by atoms with van der Waals surface area (Å²) in [5, 5.41) is 9.41. The van der Waals surface area contributed by atoms with E-state index in [0.29, 0.717) is 30.1 Å². The van der Waals surface area contributed by atoms with Gasteiger partial charge < -0.3 is 19.3 Å². The van der Waals surface area contributed by atoms with Gasteiger partial charge in [-0.05, 0) is 67.6 Å². The lowest BCUT2D eigenvalue weighted by atomic mass is 9.67. The fourth-order valence-electron chi connectivity index (χ4n) is 7.06. The zero-order chi connectivity index (χ0) is 20.8. The second-order valence-electron chi connectivity index (χ2n) is 9.32. The average Bonchev–Trinajstić information content (AvgIpc) is 3.40. The molecule has 0 amide bonds. The fourth-order valence-corrected chi connectivity index (χ4v) is 7.06. The van der Waals surface area contributed by atoms with Crippen molar-refractivity contribution in [3.63, 3.8) is 0 Å². The third-order valence-electron chi connectivity index (χ3n) is 8.03. The SMILES string of the molecule is O=C(OCC1OCC(F)(F)C(O)(C(F)(F)F)O1)C1CC2CC1C1C3CCC(C3)C21. The highest BCUT2D eigenvalue weighted by Crippen LogP contribution is 2.68. The minimum absolute atomic E-state index is 0.234. The van der Waals surface area contributed by atoms with Crippen LogP contribution in [0, 0.1) is 41.4 Å². The summed E-state index contributed by atoms with van der Waals surface area (Å²) in [5.74, 6) is -6.84. The Hall–Kier alpha value is -1.00. The Bertz CT molecular complexity index is 699. The van der Waals surface area contributed by atoms with Crippen LogP contribution < -0.4 is 0 Å². The van der Waals surface area contributed by atoms with Crippen LogP contribution in [0.5, 0.6) is 0 Å². The van der Waals surface area contributed by atoms with E-state index in [9.17, 15) is 31.9 Å². The van der Waals surface area contributed by atoms with E-state index in [-0.39, 0.29) is 11.8 Å². The maximum absolute atomic E-state index is 13.5. The lowest BCUT2D eigenvalue weighted by molar-refractivity contribution is -0.490. The number of ether oxygens (including phenoxy) is 3. The number of carbonyl (C=O) groups excluding carboxylic acids is 1. The molecule has 1 heterocycles. The molecule has 9 atom stereocenters. The molecule has 1 N–H and O–H groups in total. The quantitative estimate of drug-likeness (QED) is 0.427. The summed E-state index contributed by atoms with van der Waals surface area (Å²) in [4.78, 5) is 12.6. The zero-order valence-corrected chi connectivity index (χ0v) is 15.5. The molecule has 164 valence electrons. The standard InChI is InChI=1S/C19H23F5O5/c20-17(21)7-28-13(29-18(17,26)19(22,23)24)6-27-16(25)12-5-10-4-11(12)15-9-2-1-8(3-9)14(10)15/h8-15,26H,1-7H2. The highest BCUT2D eigenvalue weighted by molar-refractivity contribution is 5.73. The Labute approximate surface area is 163 Å². The second-order valence-corrected chi connectivity index (χ2v) is 9.32. The highest BCUT2D eigenvalue weighted by atomic mass is 19.4. The van der Waals surface area contributed by atoms with Crippen molar-refractivity contribution in [2.45, 2.75) is 56.3 Å². The van der Waals surface area contributed by atoms with Crippen LogP contribution in [-0.2, 0) is 19.0 Å². The van der Waals surface area contributed by atoms with Gasteiger partial charge in [-0.1, -0.05) is 0 Å². The van der Waals surface area contributed by atoms with Crippen LogP contribution in [0.1, 0.15) is 32.1 Å². The summed E-state index contributed by atoms with van der Waals surface area (Å²) >= 11 is 0. The Kier molecular flexibility index (Phi) is 4.30. The van der Waals surface area contributed by atoms with Crippen LogP contribution in [-0.4, -0.2) is 48.5 Å². The van der Waals surface area contributed by atoms with Crippen molar-refractivity contribution in [2.75, 3.05) is 13.2 Å². The van der Waals surface area contributed by atoms with Crippen molar-refractivity contribution in [3.05, 3.63) is 0 Å². The number of hydrogen-bond donors (Lipinski definition) is 1. The molecule has 4 bridgehead atoms. The first-order valence-corrected chi connectivity index (χ1v) is 10.1. The molecule has 0 aromatic carbocycles. The number of rotatable bonds is 3. The van der Waals surface area contributed by atoms with Gasteiger partial charge in [0, 0.05) is 0 Å². The van der Waals surface area contributed by atoms with E-state index in [1.165, 1.54) is 19.3 Å². The average molecular weight is 426 g/mol. The number of halogens is 5. The van der Waals surface area contributed by atoms with Gasteiger partial charge in [0.15, 0.2) is 6.29 Å². The Morgan fingerprint density at radius 1 is 1.07 bits per heavy atom. The smallest absolute Gasteiger partial charge is 0.449 e. The van der Waals surface area contributed by atoms with Gasteiger partial charge in [0.05, 0.1) is 5.92 Å². The van der Waals surface area contributed by atoms with Crippen LogP contribution in [0.3, 0.4) is 0 Å². The van der Waals surface area contributed by atoms with E-state index in [1.807, 2.05) is 0 Å². The first-order valence-electron chi connectivity index (χ1n) is 10.1. The van der Waals surface area contributed by atoms with E-state index in [2.05, 4.69) is 9.47 Å². The van der Waals surface area contributed by atoms with E-state index in [1.54, 1.807) is 0 Å². The van der Waals surface area contributed by atoms with Crippen LogP contribution in [0.25, 0.3) is 0 Å². The van der Waals surface area contributed by atoms with E-state index in [0.717, 1.165) is 12.3 Å². The fraction of sp³-hybridized carbons (Fsp3) is 0.947. The number of esters is 1. The topological polar surface area (TPSA) is 65.0 Å². The summed E-state index contributed by atoms with van der Waals surface area (Å²) in [6, 6.07) is 0.